The molecule has 0 aliphatic rings. The van der Waals surface area contributed by atoms with Crippen LogP contribution in [0.15, 0.2) is 15.2 Å². The summed E-state index contributed by atoms with van der Waals surface area (Å²) in [5.41, 5.74) is 0.180. The van der Waals surface area contributed by atoms with Crippen molar-refractivity contribution in [1.29, 1.82) is 0 Å². The van der Waals surface area contributed by atoms with Crippen molar-refractivity contribution in [3.63, 3.8) is 0 Å². The van der Waals surface area contributed by atoms with Crippen LogP contribution in [-0.4, -0.2) is 18.2 Å². The summed E-state index contributed by atoms with van der Waals surface area (Å²) in [6, 6.07) is 0. The zero-order valence-corrected chi connectivity index (χ0v) is 10.9. The Balaban J connectivity index is 2.61. The summed E-state index contributed by atoms with van der Waals surface area (Å²) in [5.74, 6) is 0. The molecule has 1 unspecified atom stereocenters. The van der Waals surface area contributed by atoms with Crippen molar-refractivity contribution in [2.75, 3.05) is 13.1 Å². The van der Waals surface area contributed by atoms with Crippen LogP contribution in [-0.2, 0) is 5.60 Å². The number of halogens is 1. The average Bonchev–Trinajstić information content (AvgIpc) is 2.52. The average molecular weight is 278 g/mol. The Hall–Kier alpha value is 0.100. The quantitative estimate of drug-likeness (QED) is 0.812. The Morgan fingerprint density at radius 2 is 2.29 bits per heavy atom. The highest BCUT2D eigenvalue weighted by Crippen LogP contribution is 2.30. The first kappa shape index (κ1) is 12.2. The standard InChI is InChI=1S/C10H16BrNOS/c1-3-4-12-7-10(2,13)8-5-14-6-9(8)11/h5-6,12-13H,3-4,7H2,1-2H3. The summed E-state index contributed by atoms with van der Waals surface area (Å²) in [4.78, 5) is 0. The molecule has 14 heavy (non-hydrogen) atoms. The van der Waals surface area contributed by atoms with Crippen molar-refractivity contribution in [2.45, 2.75) is 25.9 Å². The molecule has 0 radical (unpaired) electrons. The first-order chi connectivity index (χ1) is 6.58. The molecular weight excluding hydrogens is 262 g/mol. The van der Waals surface area contributed by atoms with Crippen LogP contribution in [0.3, 0.4) is 0 Å². The molecule has 1 aromatic heterocycles. The van der Waals surface area contributed by atoms with Crippen LogP contribution in [0.25, 0.3) is 0 Å². The van der Waals surface area contributed by atoms with E-state index in [2.05, 4.69) is 28.2 Å². The molecule has 0 aliphatic carbocycles. The second kappa shape index (κ2) is 5.26. The Morgan fingerprint density at radius 1 is 1.57 bits per heavy atom. The third-order valence-electron chi connectivity index (χ3n) is 2.09. The molecule has 1 rings (SSSR count). The van der Waals surface area contributed by atoms with Crippen molar-refractivity contribution in [1.82, 2.24) is 5.32 Å². The highest BCUT2D eigenvalue weighted by molar-refractivity contribution is 9.10. The van der Waals surface area contributed by atoms with Gasteiger partial charge in [0.15, 0.2) is 0 Å². The molecule has 1 aromatic rings. The second-order valence-corrected chi connectivity index (χ2v) is 5.18. The van der Waals surface area contributed by atoms with Gasteiger partial charge in [0.25, 0.3) is 0 Å². The number of thiophene rings is 1. The molecule has 80 valence electrons. The van der Waals surface area contributed by atoms with Crippen LogP contribution >= 0.6 is 27.3 Å². The van der Waals surface area contributed by atoms with Crippen molar-refractivity contribution in [3.8, 4) is 0 Å². The largest absolute Gasteiger partial charge is 0.384 e. The van der Waals surface area contributed by atoms with E-state index in [-0.39, 0.29) is 0 Å². The molecule has 1 atom stereocenters. The van der Waals surface area contributed by atoms with Gasteiger partial charge < -0.3 is 10.4 Å². The van der Waals surface area contributed by atoms with Gasteiger partial charge in [0.1, 0.15) is 5.60 Å². The highest BCUT2D eigenvalue weighted by atomic mass is 79.9. The topological polar surface area (TPSA) is 32.3 Å². The molecule has 0 bridgehead atoms. The van der Waals surface area contributed by atoms with Crippen LogP contribution in [0, 0.1) is 0 Å². The van der Waals surface area contributed by atoms with E-state index in [9.17, 15) is 5.11 Å². The van der Waals surface area contributed by atoms with Gasteiger partial charge >= 0.3 is 0 Å². The number of hydrogen-bond donors (Lipinski definition) is 2. The van der Waals surface area contributed by atoms with E-state index in [4.69, 9.17) is 0 Å². The minimum Gasteiger partial charge on any atom is -0.384 e. The molecule has 4 heteroatoms. The van der Waals surface area contributed by atoms with Gasteiger partial charge in [-0.1, -0.05) is 6.92 Å². The lowest BCUT2D eigenvalue weighted by atomic mass is 9.99. The van der Waals surface area contributed by atoms with Gasteiger partial charge in [0.2, 0.25) is 0 Å². The fourth-order valence-corrected chi connectivity index (χ4v) is 3.12. The summed E-state index contributed by atoms with van der Waals surface area (Å²) in [7, 11) is 0. The van der Waals surface area contributed by atoms with Crippen molar-refractivity contribution < 1.29 is 5.11 Å². The lowest BCUT2D eigenvalue weighted by molar-refractivity contribution is 0.0570. The number of nitrogens with one attached hydrogen (secondary N) is 1. The van der Waals surface area contributed by atoms with Gasteiger partial charge in [-0.3, -0.25) is 0 Å². The fraction of sp³-hybridized carbons (Fsp3) is 0.600. The van der Waals surface area contributed by atoms with Gasteiger partial charge in [-0.2, -0.15) is 11.3 Å². The van der Waals surface area contributed by atoms with Crippen LogP contribution in [0.5, 0.6) is 0 Å². The van der Waals surface area contributed by atoms with Gasteiger partial charge in [0, 0.05) is 22.0 Å². The molecule has 0 saturated heterocycles. The highest BCUT2D eigenvalue weighted by Gasteiger charge is 2.25. The van der Waals surface area contributed by atoms with Gasteiger partial charge in [-0.25, -0.2) is 0 Å². The maximum absolute atomic E-state index is 10.2. The zero-order valence-electron chi connectivity index (χ0n) is 8.51. The molecule has 1 heterocycles. The SMILES string of the molecule is CCCNCC(C)(O)c1cscc1Br. The van der Waals surface area contributed by atoms with E-state index in [0.717, 1.165) is 23.0 Å². The minimum atomic E-state index is -0.784. The smallest absolute Gasteiger partial charge is 0.101 e. The minimum absolute atomic E-state index is 0.593. The van der Waals surface area contributed by atoms with Gasteiger partial charge in [-0.05, 0) is 41.2 Å². The van der Waals surface area contributed by atoms with E-state index < -0.39 is 5.60 Å². The van der Waals surface area contributed by atoms with E-state index in [1.165, 1.54) is 0 Å². The maximum Gasteiger partial charge on any atom is 0.101 e. The molecule has 0 saturated carbocycles. The zero-order chi connectivity index (χ0) is 10.6. The molecule has 0 fully saturated rings. The number of rotatable bonds is 5. The van der Waals surface area contributed by atoms with Crippen molar-refractivity contribution >= 4 is 27.3 Å². The van der Waals surface area contributed by atoms with Crippen LogP contribution in [0.4, 0.5) is 0 Å². The van der Waals surface area contributed by atoms with Crippen LogP contribution in [0.1, 0.15) is 25.8 Å². The summed E-state index contributed by atoms with van der Waals surface area (Å²) in [6.45, 7) is 5.48. The number of aliphatic hydroxyl groups is 1. The third kappa shape index (κ3) is 3.05. The third-order valence-corrected chi connectivity index (χ3v) is 3.79. The Morgan fingerprint density at radius 3 is 2.79 bits per heavy atom. The Labute approximate surface area is 97.5 Å². The summed E-state index contributed by atoms with van der Waals surface area (Å²) in [5, 5.41) is 17.4. The first-order valence-corrected chi connectivity index (χ1v) is 6.46. The Bertz CT molecular complexity index is 285. The Kier molecular flexibility index (Phi) is 4.57. The summed E-state index contributed by atoms with van der Waals surface area (Å²) in [6.07, 6.45) is 1.08. The van der Waals surface area contributed by atoms with Crippen LogP contribution < -0.4 is 5.32 Å². The number of hydrogen-bond acceptors (Lipinski definition) is 3. The maximum atomic E-state index is 10.2. The van der Waals surface area contributed by atoms with Crippen LogP contribution in [0.2, 0.25) is 0 Å². The molecule has 0 aromatic carbocycles. The van der Waals surface area contributed by atoms with E-state index in [1.54, 1.807) is 11.3 Å². The van der Waals surface area contributed by atoms with Crippen molar-refractivity contribution in [2.24, 2.45) is 0 Å². The van der Waals surface area contributed by atoms with E-state index in [1.807, 2.05) is 17.7 Å². The lowest BCUT2D eigenvalue weighted by Gasteiger charge is -2.23. The van der Waals surface area contributed by atoms with E-state index >= 15 is 0 Å². The van der Waals surface area contributed by atoms with E-state index in [0.29, 0.717) is 6.54 Å². The molecule has 0 amide bonds. The predicted octanol–water partition coefficient (Wildman–Crippen LogP) is 2.72. The fourth-order valence-electron chi connectivity index (χ4n) is 1.27. The molecular formula is C10H16BrNOS. The molecule has 2 N–H and O–H groups in total. The summed E-state index contributed by atoms with van der Waals surface area (Å²) >= 11 is 5.03. The predicted molar refractivity (Wildman–Crippen MR) is 64.8 cm³/mol. The summed E-state index contributed by atoms with van der Waals surface area (Å²) < 4.78 is 0.991. The monoisotopic (exact) mass is 277 g/mol. The first-order valence-electron chi connectivity index (χ1n) is 4.73. The van der Waals surface area contributed by atoms with Crippen molar-refractivity contribution in [3.05, 3.63) is 20.8 Å². The van der Waals surface area contributed by atoms with Gasteiger partial charge in [0.05, 0.1) is 0 Å². The normalized spacial score (nSPS) is 15.4. The second-order valence-electron chi connectivity index (χ2n) is 3.58. The molecule has 2 nitrogen and oxygen atoms in total. The molecule has 0 aliphatic heterocycles. The molecule has 0 spiro atoms. The van der Waals surface area contributed by atoms with Gasteiger partial charge in [-0.15, -0.1) is 0 Å². The lowest BCUT2D eigenvalue weighted by Crippen LogP contribution is -2.35.